The molecule has 40 heavy (non-hydrogen) atoms. The molecule has 2 heterocycles. The van der Waals surface area contributed by atoms with Gasteiger partial charge in [0.15, 0.2) is 16.6 Å². The molecule has 4 aromatic rings. The Kier molecular flexibility index (Phi) is 7.89. The van der Waals surface area contributed by atoms with Crippen LogP contribution in [0.3, 0.4) is 0 Å². The lowest BCUT2D eigenvalue weighted by molar-refractivity contribution is -0.132. The maximum Gasteiger partial charge on any atom is 0.301 e. The summed E-state index contributed by atoms with van der Waals surface area (Å²) in [6.07, 6.45) is 3.08. The molecule has 1 N–H and O–H groups in total. The number of ketones is 1. The van der Waals surface area contributed by atoms with Crippen LogP contribution in [0, 0.1) is 13.8 Å². The largest absolute Gasteiger partial charge is 0.507 e. The number of aliphatic hydroxyl groups is 1. The first-order chi connectivity index (χ1) is 19.3. The molecule has 0 aliphatic carbocycles. The lowest BCUT2D eigenvalue weighted by Gasteiger charge is -2.24. The van der Waals surface area contributed by atoms with Gasteiger partial charge < -0.3 is 14.6 Å². The van der Waals surface area contributed by atoms with Gasteiger partial charge in [-0.1, -0.05) is 73.6 Å². The number of aromatic nitrogens is 1. The highest BCUT2D eigenvalue weighted by Gasteiger charge is 2.48. The van der Waals surface area contributed by atoms with E-state index in [1.54, 1.807) is 43.5 Å². The van der Waals surface area contributed by atoms with Crippen molar-refractivity contribution >= 4 is 44.1 Å². The van der Waals surface area contributed by atoms with Crippen LogP contribution in [0.25, 0.3) is 16.0 Å². The molecule has 1 saturated heterocycles. The molecule has 5 rings (SSSR count). The fourth-order valence-electron chi connectivity index (χ4n) is 5.07. The summed E-state index contributed by atoms with van der Waals surface area (Å²) in [5.41, 5.74) is 3.90. The Labute approximate surface area is 237 Å². The van der Waals surface area contributed by atoms with Crippen LogP contribution >= 0.6 is 11.3 Å². The zero-order valence-corrected chi connectivity index (χ0v) is 23.9. The molecule has 0 radical (unpaired) electrons. The lowest BCUT2D eigenvalue weighted by Crippen LogP contribution is -2.29. The van der Waals surface area contributed by atoms with Gasteiger partial charge in [0.05, 0.1) is 35.5 Å². The van der Waals surface area contributed by atoms with Gasteiger partial charge in [0.25, 0.3) is 5.78 Å². The number of fused-ring (bicyclic) bond motifs is 1. The van der Waals surface area contributed by atoms with Crippen LogP contribution in [0.5, 0.6) is 11.5 Å². The van der Waals surface area contributed by atoms with Crippen molar-refractivity contribution in [2.75, 3.05) is 18.6 Å². The molecule has 0 spiro atoms. The van der Waals surface area contributed by atoms with E-state index in [9.17, 15) is 14.7 Å². The van der Waals surface area contributed by atoms with Crippen molar-refractivity contribution in [2.24, 2.45) is 0 Å². The topological polar surface area (TPSA) is 89.0 Å². The average molecular weight is 557 g/mol. The molecule has 1 unspecified atom stereocenters. The Morgan fingerprint density at radius 2 is 1.80 bits per heavy atom. The smallest absolute Gasteiger partial charge is 0.301 e. The first kappa shape index (κ1) is 27.4. The van der Waals surface area contributed by atoms with Gasteiger partial charge in [-0.2, -0.15) is 0 Å². The number of Topliss-reactive ketones (excluding diaryl/α,β-unsaturated/α-hetero) is 1. The van der Waals surface area contributed by atoms with E-state index in [2.05, 4.69) is 6.92 Å². The van der Waals surface area contributed by atoms with E-state index >= 15 is 0 Å². The van der Waals surface area contributed by atoms with E-state index in [1.165, 1.54) is 16.2 Å². The second-order valence-corrected chi connectivity index (χ2v) is 10.9. The van der Waals surface area contributed by atoms with Crippen LogP contribution in [-0.4, -0.2) is 35.5 Å². The van der Waals surface area contributed by atoms with E-state index in [-0.39, 0.29) is 11.3 Å². The number of hydrogen-bond acceptors (Lipinski definition) is 7. The van der Waals surface area contributed by atoms with Crippen molar-refractivity contribution in [3.63, 3.8) is 0 Å². The number of aryl methyl sites for hydroxylation is 2. The number of rotatable bonds is 9. The summed E-state index contributed by atoms with van der Waals surface area (Å²) in [6, 6.07) is 17.3. The Balaban J connectivity index is 1.66. The first-order valence-corrected chi connectivity index (χ1v) is 14.2. The summed E-state index contributed by atoms with van der Waals surface area (Å²) in [5.74, 6) is -0.686. The fourth-order valence-corrected chi connectivity index (χ4v) is 6.23. The van der Waals surface area contributed by atoms with Crippen LogP contribution in [0.2, 0.25) is 0 Å². The third kappa shape index (κ3) is 5.07. The predicted octanol–water partition coefficient (Wildman–Crippen LogP) is 7.12. The molecule has 1 fully saturated rings. The molecule has 206 valence electrons. The Bertz CT molecular complexity index is 1610. The quantitative estimate of drug-likeness (QED) is 0.102. The van der Waals surface area contributed by atoms with Crippen LogP contribution < -0.4 is 14.4 Å². The number of unbranched alkanes of at least 4 members (excludes halogenated alkanes) is 2. The predicted molar refractivity (Wildman–Crippen MR) is 158 cm³/mol. The number of hydrogen-bond donors (Lipinski definition) is 1. The molecule has 7 nitrogen and oxygen atoms in total. The summed E-state index contributed by atoms with van der Waals surface area (Å²) in [6.45, 7) is 6.68. The molecular formula is C32H32N2O5S. The van der Waals surface area contributed by atoms with Crippen LogP contribution in [0.4, 0.5) is 5.13 Å². The number of nitrogens with zero attached hydrogens (tertiary/aromatic N) is 2. The number of carbonyl (C=O) groups excluding carboxylic acids is 2. The monoisotopic (exact) mass is 556 g/mol. The number of ether oxygens (including phenoxy) is 2. The summed E-state index contributed by atoms with van der Waals surface area (Å²) >= 11 is 1.35. The second-order valence-electron chi connectivity index (χ2n) is 9.93. The maximum atomic E-state index is 13.6. The van der Waals surface area contributed by atoms with E-state index in [0.29, 0.717) is 34.4 Å². The van der Waals surface area contributed by atoms with Crippen LogP contribution in [0.15, 0.2) is 66.2 Å². The van der Waals surface area contributed by atoms with Crippen molar-refractivity contribution in [2.45, 2.75) is 46.1 Å². The standard InChI is InChI=1S/C32H32N2O5S/c1-5-6-10-15-39-23-14-13-22(18-24(23)38-4)28-26(29(35)21-11-8-7-9-12-21)30(36)31(37)34(28)32-33-27-20(3)16-19(2)17-25(27)40-32/h7-9,11-14,16-18,28,35H,5-6,10,15H2,1-4H3. The minimum Gasteiger partial charge on any atom is -0.507 e. The summed E-state index contributed by atoms with van der Waals surface area (Å²) in [4.78, 5) is 33.4. The summed E-state index contributed by atoms with van der Waals surface area (Å²) in [7, 11) is 1.55. The minimum atomic E-state index is -0.912. The lowest BCUT2D eigenvalue weighted by atomic mass is 9.95. The van der Waals surface area contributed by atoms with Crippen molar-refractivity contribution in [3.05, 3.63) is 88.5 Å². The van der Waals surface area contributed by atoms with E-state index in [0.717, 1.165) is 40.6 Å². The van der Waals surface area contributed by atoms with Crippen molar-refractivity contribution in [1.82, 2.24) is 4.98 Å². The van der Waals surface area contributed by atoms with E-state index in [1.807, 2.05) is 38.1 Å². The Morgan fingerprint density at radius 3 is 2.52 bits per heavy atom. The summed E-state index contributed by atoms with van der Waals surface area (Å²) in [5, 5.41) is 11.8. The number of carbonyl (C=O) groups is 2. The molecule has 1 amide bonds. The highest BCUT2D eigenvalue weighted by molar-refractivity contribution is 7.22. The molecule has 0 bridgehead atoms. The first-order valence-electron chi connectivity index (χ1n) is 13.4. The number of methoxy groups -OCH3 is 1. The third-order valence-electron chi connectivity index (χ3n) is 7.03. The summed E-state index contributed by atoms with van der Waals surface area (Å²) < 4.78 is 12.5. The second kappa shape index (κ2) is 11.5. The van der Waals surface area contributed by atoms with Crippen LogP contribution in [0.1, 0.15) is 54.5 Å². The molecule has 1 aromatic heterocycles. The van der Waals surface area contributed by atoms with E-state index in [4.69, 9.17) is 14.5 Å². The molecule has 1 atom stereocenters. The van der Waals surface area contributed by atoms with Crippen LogP contribution in [-0.2, 0) is 9.59 Å². The maximum absolute atomic E-state index is 13.6. The normalized spacial score (nSPS) is 16.6. The molecule has 1 aliphatic heterocycles. The number of benzene rings is 3. The van der Waals surface area contributed by atoms with Crippen molar-refractivity contribution in [3.8, 4) is 11.5 Å². The van der Waals surface area contributed by atoms with Gasteiger partial charge in [-0.3, -0.25) is 14.5 Å². The van der Waals surface area contributed by atoms with Gasteiger partial charge in [-0.15, -0.1) is 0 Å². The van der Waals surface area contributed by atoms with Crippen molar-refractivity contribution < 1.29 is 24.2 Å². The highest BCUT2D eigenvalue weighted by Crippen LogP contribution is 2.46. The van der Waals surface area contributed by atoms with Crippen molar-refractivity contribution in [1.29, 1.82) is 0 Å². The SMILES string of the molecule is CCCCCOc1ccc(C2C(=C(O)c3ccccc3)C(=O)C(=O)N2c2nc3c(C)cc(C)cc3s2)cc1OC. The molecule has 0 saturated carbocycles. The molecular weight excluding hydrogens is 524 g/mol. The molecule has 1 aliphatic rings. The van der Waals surface area contributed by atoms with Gasteiger partial charge in [0, 0.05) is 5.56 Å². The Hall–Kier alpha value is -4.17. The third-order valence-corrected chi connectivity index (χ3v) is 8.03. The number of anilines is 1. The average Bonchev–Trinajstić information content (AvgIpc) is 3.49. The zero-order valence-electron chi connectivity index (χ0n) is 23.1. The zero-order chi connectivity index (χ0) is 28.4. The van der Waals surface area contributed by atoms with Gasteiger partial charge in [-0.05, 0) is 55.2 Å². The molecule has 8 heteroatoms. The van der Waals surface area contributed by atoms with Gasteiger partial charge >= 0.3 is 5.91 Å². The fraction of sp³-hybridized carbons (Fsp3) is 0.281. The molecule has 3 aromatic carbocycles. The number of aliphatic hydroxyl groups excluding tert-OH is 1. The van der Waals surface area contributed by atoms with Gasteiger partial charge in [0.2, 0.25) is 0 Å². The van der Waals surface area contributed by atoms with E-state index < -0.39 is 17.7 Å². The van der Waals surface area contributed by atoms with Gasteiger partial charge in [-0.25, -0.2) is 4.98 Å². The Morgan fingerprint density at radius 1 is 1.02 bits per heavy atom. The minimum absolute atomic E-state index is 0.00188. The number of thiazole rings is 1. The van der Waals surface area contributed by atoms with Gasteiger partial charge in [0.1, 0.15) is 5.76 Å². The number of amides is 1. The highest BCUT2D eigenvalue weighted by atomic mass is 32.1.